The van der Waals surface area contributed by atoms with Crippen LogP contribution >= 0.6 is 0 Å². The zero-order chi connectivity index (χ0) is 13.9. The van der Waals surface area contributed by atoms with Gasteiger partial charge in [0.25, 0.3) is 0 Å². The summed E-state index contributed by atoms with van der Waals surface area (Å²) in [7, 11) is 0. The lowest BCUT2D eigenvalue weighted by atomic mass is 9.98. The van der Waals surface area contributed by atoms with E-state index in [-0.39, 0.29) is 18.8 Å². The highest BCUT2D eigenvalue weighted by molar-refractivity contribution is 4.91. The van der Waals surface area contributed by atoms with Crippen molar-refractivity contribution in [2.45, 2.75) is 70.6 Å². The molecule has 0 bridgehead atoms. The topological polar surface area (TPSA) is 88.4 Å². The van der Waals surface area contributed by atoms with Gasteiger partial charge in [0.2, 0.25) is 0 Å². The molecule has 5 atom stereocenters. The number of ether oxygens (including phenoxy) is 3. The number of aliphatic hydroxyl groups excluding tert-OH is 3. The number of rotatable bonds is 5. The maximum atomic E-state index is 10.1. The summed E-state index contributed by atoms with van der Waals surface area (Å²) in [6, 6.07) is 0. The van der Waals surface area contributed by atoms with E-state index in [4.69, 9.17) is 19.3 Å². The molecule has 0 aromatic rings. The molecule has 6 heteroatoms. The Morgan fingerprint density at radius 3 is 1.94 bits per heavy atom. The average Bonchev–Trinajstić information content (AvgIpc) is 2.27. The van der Waals surface area contributed by atoms with E-state index in [0.29, 0.717) is 0 Å². The first-order valence-electron chi connectivity index (χ1n) is 6.30. The molecule has 1 saturated heterocycles. The van der Waals surface area contributed by atoms with Crippen molar-refractivity contribution in [2.75, 3.05) is 6.61 Å². The largest absolute Gasteiger partial charge is 0.394 e. The van der Waals surface area contributed by atoms with Gasteiger partial charge in [-0.3, -0.25) is 0 Å². The quantitative estimate of drug-likeness (QED) is 0.629. The Balaban J connectivity index is 2.83. The molecule has 1 aliphatic heterocycles. The molecule has 1 fully saturated rings. The van der Waals surface area contributed by atoms with Crippen LogP contribution in [0.1, 0.15) is 27.7 Å². The van der Waals surface area contributed by atoms with Crippen LogP contribution in [0.2, 0.25) is 0 Å². The summed E-state index contributed by atoms with van der Waals surface area (Å²) in [4.78, 5) is 0. The molecule has 1 heterocycles. The number of hydrogen-bond acceptors (Lipinski definition) is 6. The van der Waals surface area contributed by atoms with Crippen LogP contribution in [0.25, 0.3) is 0 Å². The third-order valence-corrected chi connectivity index (χ3v) is 2.68. The second-order valence-corrected chi connectivity index (χ2v) is 5.04. The van der Waals surface area contributed by atoms with Gasteiger partial charge in [0.15, 0.2) is 6.29 Å². The highest BCUT2D eigenvalue weighted by Crippen LogP contribution is 2.26. The third-order valence-electron chi connectivity index (χ3n) is 2.68. The molecule has 18 heavy (non-hydrogen) atoms. The standard InChI is InChI=1S/C12H24O6/c1-6(2)16-10-9(14)8(5-13)18-12(15)11(10)17-7(3)4/h6-15H,5H2,1-4H3. The molecule has 1 rings (SSSR count). The predicted octanol–water partition coefficient (Wildman–Crippen LogP) is -0.356. The van der Waals surface area contributed by atoms with Crippen molar-refractivity contribution in [1.82, 2.24) is 0 Å². The molecular weight excluding hydrogens is 240 g/mol. The molecule has 0 aromatic heterocycles. The highest BCUT2D eigenvalue weighted by atomic mass is 16.7. The van der Waals surface area contributed by atoms with Gasteiger partial charge in [-0.05, 0) is 27.7 Å². The van der Waals surface area contributed by atoms with Crippen molar-refractivity contribution < 1.29 is 29.5 Å². The monoisotopic (exact) mass is 264 g/mol. The molecular formula is C12H24O6. The van der Waals surface area contributed by atoms with Gasteiger partial charge in [-0.25, -0.2) is 0 Å². The number of hydrogen-bond donors (Lipinski definition) is 3. The van der Waals surface area contributed by atoms with Gasteiger partial charge in [-0.2, -0.15) is 0 Å². The summed E-state index contributed by atoms with van der Waals surface area (Å²) in [5.41, 5.74) is 0. The van der Waals surface area contributed by atoms with Crippen molar-refractivity contribution in [3.63, 3.8) is 0 Å². The Labute approximate surface area is 107 Å². The summed E-state index contributed by atoms with van der Waals surface area (Å²) < 4.78 is 16.3. The molecule has 0 saturated carbocycles. The van der Waals surface area contributed by atoms with Gasteiger partial charge in [-0.1, -0.05) is 0 Å². The molecule has 0 aromatic carbocycles. The van der Waals surface area contributed by atoms with Crippen LogP contribution in [0.4, 0.5) is 0 Å². The Hall–Kier alpha value is -0.240. The fourth-order valence-corrected chi connectivity index (χ4v) is 1.99. The zero-order valence-corrected chi connectivity index (χ0v) is 11.3. The minimum absolute atomic E-state index is 0.132. The van der Waals surface area contributed by atoms with E-state index in [1.54, 1.807) is 0 Å². The summed E-state index contributed by atoms with van der Waals surface area (Å²) >= 11 is 0. The summed E-state index contributed by atoms with van der Waals surface area (Å²) in [5.74, 6) is 0. The van der Waals surface area contributed by atoms with E-state index in [0.717, 1.165) is 0 Å². The normalized spacial score (nSPS) is 37.5. The molecule has 0 amide bonds. The van der Waals surface area contributed by atoms with Crippen LogP contribution in [-0.2, 0) is 14.2 Å². The van der Waals surface area contributed by atoms with Crippen LogP contribution in [0.15, 0.2) is 0 Å². The number of aliphatic hydroxyl groups is 3. The molecule has 0 spiro atoms. The predicted molar refractivity (Wildman–Crippen MR) is 64.0 cm³/mol. The maximum absolute atomic E-state index is 10.1. The fraction of sp³-hybridized carbons (Fsp3) is 1.00. The summed E-state index contributed by atoms with van der Waals surface area (Å²) in [6.45, 7) is 6.92. The summed E-state index contributed by atoms with van der Waals surface area (Å²) in [6.07, 6.45) is -4.90. The lowest BCUT2D eigenvalue weighted by molar-refractivity contribution is -0.312. The SMILES string of the molecule is CC(C)OC1C(O)OC(CO)C(O)C1OC(C)C. The van der Waals surface area contributed by atoms with Crippen molar-refractivity contribution >= 4 is 0 Å². The Morgan fingerprint density at radius 2 is 1.50 bits per heavy atom. The van der Waals surface area contributed by atoms with E-state index in [2.05, 4.69) is 0 Å². The second-order valence-electron chi connectivity index (χ2n) is 5.04. The lowest BCUT2D eigenvalue weighted by Crippen LogP contribution is -2.61. The average molecular weight is 264 g/mol. The van der Waals surface area contributed by atoms with Crippen molar-refractivity contribution in [2.24, 2.45) is 0 Å². The maximum Gasteiger partial charge on any atom is 0.184 e. The molecule has 3 N–H and O–H groups in total. The van der Waals surface area contributed by atoms with Gasteiger partial charge < -0.3 is 29.5 Å². The van der Waals surface area contributed by atoms with E-state index in [9.17, 15) is 10.2 Å². The van der Waals surface area contributed by atoms with E-state index in [1.165, 1.54) is 0 Å². The Bertz CT molecular complexity index is 245. The van der Waals surface area contributed by atoms with Gasteiger partial charge in [0, 0.05) is 0 Å². The fourth-order valence-electron chi connectivity index (χ4n) is 1.99. The molecule has 5 unspecified atom stereocenters. The molecule has 0 aliphatic carbocycles. The van der Waals surface area contributed by atoms with Crippen molar-refractivity contribution in [1.29, 1.82) is 0 Å². The van der Waals surface area contributed by atoms with E-state index >= 15 is 0 Å². The van der Waals surface area contributed by atoms with Gasteiger partial charge >= 0.3 is 0 Å². The summed E-state index contributed by atoms with van der Waals surface area (Å²) in [5, 5.41) is 29.1. The van der Waals surface area contributed by atoms with Crippen molar-refractivity contribution in [3.8, 4) is 0 Å². The van der Waals surface area contributed by atoms with Gasteiger partial charge in [0.05, 0.1) is 18.8 Å². The smallest absolute Gasteiger partial charge is 0.184 e. The van der Waals surface area contributed by atoms with Crippen LogP contribution in [0.3, 0.4) is 0 Å². The third kappa shape index (κ3) is 3.88. The minimum Gasteiger partial charge on any atom is -0.394 e. The molecule has 108 valence electrons. The molecule has 0 radical (unpaired) electrons. The first kappa shape index (κ1) is 15.8. The highest BCUT2D eigenvalue weighted by Gasteiger charge is 2.46. The van der Waals surface area contributed by atoms with Crippen LogP contribution < -0.4 is 0 Å². The van der Waals surface area contributed by atoms with Gasteiger partial charge in [0.1, 0.15) is 24.4 Å². The van der Waals surface area contributed by atoms with Crippen molar-refractivity contribution in [3.05, 3.63) is 0 Å². The zero-order valence-electron chi connectivity index (χ0n) is 11.3. The Morgan fingerprint density at radius 1 is 1.00 bits per heavy atom. The van der Waals surface area contributed by atoms with E-state index in [1.807, 2.05) is 27.7 Å². The second kappa shape index (κ2) is 6.79. The first-order chi connectivity index (χ1) is 8.36. The van der Waals surface area contributed by atoms with Gasteiger partial charge in [-0.15, -0.1) is 0 Å². The first-order valence-corrected chi connectivity index (χ1v) is 6.30. The van der Waals surface area contributed by atoms with Crippen LogP contribution in [-0.4, -0.2) is 64.8 Å². The molecule has 1 aliphatic rings. The Kier molecular flexibility index (Phi) is 5.97. The van der Waals surface area contributed by atoms with E-state index < -0.39 is 30.7 Å². The minimum atomic E-state index is -1.23. The molecule has 6 nitrogen and oxygen atoms in total. The lowest BCUT2D eigenvalue weighted by Gasteiger charge is -2.43. The van der Waals surface area contributed by atoms with Crippen LogP contribution in [0.5, 0.6) is 0 Å². The van der Waals surface area contributed by atoms with Crippen LogP contribution in [0, 0.1) is 0 Å².